The summed E-state index contributed by atoms with van der Waals surface area (Å²) in [7, 11) is -4.00. The number of aromatic nitrogens is 2. The van der Waals surface area contributed by atoms with E-state index >= 15 is 0 Å². The number of nitrogens with zero attached hydrogens (tertiary/aromatic N) is 2. The van der Waals surface area contributed by atoms with Crippen LogP contribution in [0.2, 0.25) is 0 Å². The lowest BCUT2D eigenvalue weighted by Gasteiger charge is -2.15. The van der Waals surface area contributed by atoms with E-state index in [1.165, 1.54) is 24.3 Å². The number of halogens is 3. The Morgan fingerprint density at radius 1 is 0.750 bits per heavy atom. The van der Waals surface area contributed by atoms with Gasteiger partial charge in [-0.1, -0.05) is 43.8 Å². The van der Waals surface area contributed by atoms with Gasteiger partial charge in [0.25, 0.3) is 10.0 Å². The highest BCUT2D eigenvalue weighted by Gasteiger charge is 2.30. The van der Waals surface area contributed by atoms with Crippen molar-refractivity contribution in [1.29, 1.82) is 0 Å². The quantitative estimate of drug-likeness (QED) is 0.392. The zero-order valence-electron chi connectivity index (χ0n) is 15.8. The first-order chi connectivity index (χ1) is 14.7. The maximum Gasteiger partial charge on any atom is 0.416 e. The fourth-order valence-electron chi connectivity index (χ4n) is 2.85. The minimum absolute atomic E-state index is 0. The van der Waals surface area contributed by atoms with E-state index in [0.29, 0.717) is 11.0 Å². The standard InChI is InChI=1S/C21H15F3N4O2S.CH4/c22-21(23,24)14-7-6-8-15(13-14)25-19-20(27-18-12-5-4-11-17(18)26-19)28-31(29,30)16-9-2-1-3-10-16;/h1-13H,(H,25,26)(H,27,28);1H4. The second kappa shape index (κ2) is 8.83. The van der Waals surface area contributed by atoms with Gasteiger partial charge in [0.05, 0.1) is 21.5 Å². The summed E-state index contributed by atoms with van der Waals surface area (Å²) >= 11 is 0. The van der Waals surface area contributed by atoms with Crippen molar-refractivity contribution in [3.63, 3.8) is 0 Å². The molecule has 1 heterocycles. The summed E-state index contributed by atoms with van der Waals surface area (Å²) in [5, 5.41) is 2.75. The smallest absolute Gasteiger partial charge is 0.337 e. The van der Waals surface area contributed by atoms with E-state index in [1.807, 2.05) is 0 Å². The van der Waals surface area contributed by atoms with E-state index in [-0.39, 0.29) is 29.6 Å². The molecule has 2 N–H and O–H groups in total. The van der Waals surface area contributed by atoms with Gasteiger partial charge in [-0.05, 0) is 42.5 Å². The Labute approximate surface area is 183 Å². The molecule has 4 rings (SSSR count). The first kappa shape index (κ1) is 23.0. The molecule has 32 heavy (non-hydrogen) atoms. The van der Waals surface area contributed by atoms with Crippen LogP contribution in [0, 0.1) is 0 Å². The van der Waals surface area contributed by atoms with Gasteiger partial charge in [0.1, 0.15) is 0 Å². The summed E-state index contributed by atoms with van der Waals surface area (Å²) in [6, 6.07) is 18.9. The van der Waals surface area contributed by atoms with Gasteiger partial charge in [0.15, 0.2) is 11.6 Å². The number of fused-ring (bicyclic) bond motifs is 1. The first-order valence-corrected chi connectivity index (χ1v) is 10.5. The third-order valence-electron chi connectivity index (χ3n) is 4.31. The van der Waals surface area contributed by atoms with Crippen molar-refractivity contribution in [1.82, 2.24) is 9.97 Å². The van der Waals surface area contributed by atoms with Crippen LogP contribution in [0.25, 0.3) is 11.0 Å². The summed E-state index contributed by atoms with van der Waals surface area (Å²) in [4.78, 5) is 8.68. The second-order valence-corrected chi connectivity index (χ2v) is 8.21. The molecule has 0 radical (unpaired) electrons. The molecule has 0 aliphatic heterocycles. The normalized spacial score (nSPS) is 11.6. The van der Waals surface area contributed by atoms with E-state index in [4.69, 9.17) is 0 Å². The number of alkyl halides is 3. The molecule has 0 bridgehead atoms. The third-order valence-corrected chi connectivity index (χ3v) is 5.66. The Kier molecular flexibility index (Phi) is 6.35. The molecule has 166 valence electrons. The number of rotatable bonds is 5. The Balaban J connectivity index is 0.00000289. The predicted octanol–water partition coefficient (Wildman–Crippen LogP) is 5.83. The molecular formula is C22H19F3N4O2S. The second-order valence-electron chi connectivity index (χ2n) is 6.53. The van der Waals surface area contributed by atoms with Crippen molar-refractivity contribution >= 4 is 38.4 Å². The lowest BCUT2D eigenvalue weighted by Crippen LogP contribution is -2.16. The third kappa shape index (κ3) is 4.97. The molecule has 1 aromatic heterocycles. The molecule has 3 aromatic carbocycles. The largest absolute Gasteiger partial charge is 0.416 e. The van der Waals surface area contributed by atoms with Gasteiger partial charge in [-0.15, -0.1) is 0 Å². The van der Waals surface area contributed by atoms with Crippen molar-refractivity contribution in [3.05, 3.63) is 84.4 Å². The molecule has 4 aromatic rings. The van der Waals surface area contributed by atoms with Crippen molar-refractivity contribution in [3.8, 4) is 0 Å². The highest BCUT2D eigenvalue weighted by Crippen LogP contribution is 2.32. The molecule has 0 fully saturated rings. The molecule has 0 aliphatic carbocycles. The molecule has 6 nitrogen and oxygen atoms in total. The molecule has 0 atom stereocenters. The average molecular weight is 460 g/mol. The minimum atomic E-state index is -4.52. The molecule has 0 saturated carbocycles. The fourth-order valence-corrected chi connectivity index (χ4v) is 3.88. The van der Waals surface area contributed by atoms with Crippen LogP contribution < -0.4 is 10.0 Å². The van der Waals surface area contributed by atoms with E-state index < -0.39 is 21.8 Å². The lowest BCUT2D eigenvalue weighted by atomic mass is 10.2. The molecule has 10 heteroatoms. The van der Waals surface area contributed by atoms with E-state index in [2.05, 4.69) is 20.0 Å². The lowest BCUT2D eigenvalue weighted by molar-refractivity contribution is -0.137. The predicted molar refractivity (Wildman–Crippen MR) is 118 cm³/mol. The fraction of sp³-hybridized carbons (Fsp3) is 0.0909. The van der Waals surface area contributed by atoms with E-state index in [0.717, 1.165) is 12.1 Å². The van der Waals surface area contributed by atoms with Crippen molar-refractivity contribution in [2.24, 2.45) is 0 Å². The van der Waals surface area contributed by atoms with Crippen molar-refractivity contribution in [2.45, 2.75) is 18.5 Å². The van der Waals surface area contributed by atoms with Crippen LogP contribution in [0.1, 0.15) is 13.0 Å². The molecule has 0 aliphatic rings. The van der Waals surface area contributed by atoms with Gasteiger partial charge >= 0.3 is 6.18 Å². The summed E-state index contributed by atoms with van der Waals surface area (Å²) in [6.45, 7) is 0. The average Bonchev–Trinajstić information content (AvgIpc) is 2.74. The van der Waals surface area contributed by atoms with Crippen molar-refractivity contribution in [2.75, 3.05) is 10.0 Å². The van der Waals surface area contributed by atoms with Crippen LogP contribution in [0.3, 0.4) is 0 Å². The van der Waals surface area contributed by atoms with Crippen molar-refractivity contribution < 1.29 is 21.6 Å². The van der Waals surface area contributed by atoms with Gasteiger partial charge < -0.3 is 5.32 Å². The number of sulfonamides is 1. The van der Waals surface area contributed by atoms with Gasteiger partial charge in [0, 0.05) is 5.69 Å². The highest BCUT2D eigenvalue weighted by atomic mass is 32.2. The molecule has 0 amide bonds. The monoisotopic (exact) mass is 460 g/mol. The number of para-hydroxylation sites is 2. The Bertz CT molecular complexity index is 1340. The van der Waals surface area contributed by atoms with Gasteiger partial charge in [-0.3, -0.25) is 4.72 Å². The molecule has 0 spiro atoms. The topological polar surface area (TPSA) is 84.0 Å². The van der Waals surface area contributed by atoms with Crippen LogP contribution >= 0.6 is 0 Å². The van der Waals surface area contributed by atoms with E-state index in [1.54, 1.807) is 42.5 Å². The van der Waals surface area contributed by atoms with Gasteiger partial charge in [-0.25, -0.2) is 18.4 Å². The van der Waals surface area contributed by atoms with Crippen LogP contribution in [-0.2, 0) is 16.2 Å². The minimum Gasteiger partial charge on any atom is -0.337 e. The van der Waals surface area contributed by atoms with Crippen LogP contribution in [0.5, 0.6) is 0 Å². The summed E-state index contributed by atoms with van der Waals surface area (Å²) in [5.41, 5.74) is 0.0970. The molecule has 0 unspecified atom stereocenters. The van der Waals surface area contributed by atoms with Gasteiger partial charge in [0.2, 0.25) is 0 Å². The van der Waals surface area contributed by atoms with Gasteiger partial charge in [-0.2, -0.15) is 13.2 Å². The molecule has 0 saturated heterocycles. The van der Waals surface area contributed by atoms with Crippen LogP contribution in [0.4, 0.5) is 30.5 Å². The Morgan fingerprint density at radius 2 is 1.34 bits per heavy atom. The number of nitrogens with one attached hydrogen (secondary N) is 2. The zero-order chi connectivity index (χ0) is 22.1. The maximum absolute atomic E-state index is 13.1. The Morgan fingerprint density at radius 3 is 1.97 bits per heavy atom. The number of anilines is 3. The van der Waals surface area contributed by atoms with E-state index in [9.17, 15) is 21.6 Å². The highest BCUT2D eigenvalue weighted by molar-refractivity contribution is 7.92. The molecular weight excluding hydrogens is 441 g/mol. The number of hydrogen-bond acceptors (Lipinski definition) is 5. The SMILES string of the molecule is C.O=S(=O)(Nc1nc2ccccc2nc1Nc1cccc(C(F)(F)F)c1)c1ccccc1. The summed E-state index contributed by atoms with van der Waals surface area (Å²) < 4.78 is 67.1. The number of hydrogen-bond donors (Lipinski definition) is 2. The summed E-state index contributed by atoms with van der Waals surface area (Å²) in [5.74, 6) is -0.169. The maximum atomic E-state index is 13.1. The number of benzene rings is 3. The Hall–Kier alpha value is -3.66. The van der Waals surface area contributed by atoms with Crippen LogP contribution in [-0.4, -0.2) is 18.4 Å². The zero-order valence-corrected chi connectivity index (χ0v) is 16.6. The first-order valence-electron chi connectivity index (χ1n) is 9.01. The summed E-state index contributed by atoms with van der Waals surface area (Å²) in [6.07, 6.45) is -4.52. The van der Waals surface area contributed by atoms with Crippen LogP contribution in [0.15, 0.2) is 83.8 Å².